The van der Waals surface area contributed by atoms with E-state index in [4.69, 9.17) is 0 Å². The lowest BCUT2D eigenvalue weighted by molar-refractivity contribution is 0.629. The summed E-state index contributed by atoms with van der Waals surface area (Å²) in [6.07, 6.45) is 1.50. The average Bonchev–Trinajstić information content (AvgIpc) is 2.39. The van der Waals surface area contributed by atoms with Crippen LogP contribution in [0.15, 0.2) is 54.9 Å². The lowest BCUT2D eigenvalue weighted by Crippen LogP contribution is -1.89. The summed E-state index contributed by atoms with van der Waals surface area (Å²) in [5.41, 5.74) is 2.47. The third-order valence-electron chi connectivity index (χ3n) is 2.64. The van der Waals surface area contributed by atoms with Crippen molar-refractivity contribution in [3.8, 4) is 11.3 Å². The van der Waals surface area contributed by atoms with Gasteiger partial charge < -0.3 is 0 Å². The molecule has 2 aromatic carbocycles. The fraction of sp³-hybridized carbons (Fsp3) is 0. The highest BCUT2D eigenvalue weighted by molar-refractivity contribution is 5.91. The van der Waals surface area contributed by atoms with E-state index < -0.39 is 0 Å². The van der Waals surface area contributed by atoms with Crippen LogP contribution in [0.3, 0.4) is 0 Å². The van der Waals surface area contributed by atoms with Crippen molar-refractivity contribution in [1.82, 2.24) is 9.97 Å². The van der Waals surface area contributed by atoms with Gasteiger partial charge in [-0.15, -0.1) is 0 Å². The van der Waals surface area contributed by atoms with Gasteiger partial charge in [-0.05, 0) is 18.2 Å². The molecule has 0 aliphatic heterocycles. The van der Waals surface area contributed by atoms with E-state index in [0.29, 0.717) is 0 Å². The number of rotatable bonds is 1. The van der Waals surface area contributed by atoms with Crippen LogP contribution >= 0.6 is 0 Å². The van der Waals surface area contributed by atoms with Crippen LogP contribution in [-0.2, 0) is 0 Å². The highest BCUT2D eigenvalue weighted by Crippen LogP contribution is 2.25. The molecule has 0 aliphatic carbocycles. The minimum Gasteiger partial charge on any atom is -0.236 e. The van der Waals surface area contributed by atoms with Gasteiger partial charge in [0.15, 0.2) is 0 Å². The van der Waals surface area contributed by atoms with Crippen molar-refractivity contribution in [3.63, 3.8) is 0 Å². The smallest absolute Gasteiger partial charge is 0.124 e. The number of aromatic nitrogens is 2. The molecular weight excluding hydrogens is 215 g/mol. The van der Waals surface area contributed by atoms with Crippen LogP contribution < -0.4 is 0 Å². The maximum Gasteiger partial charge on any atom is 0.124 e. The molecule has 0 saturated heterocycles. The lowest BCUT2D eigenvalue weighted by Gasteiger charge is -2.04. The quantitative estimate of drug-likeness (QED) is 0.632. The van der Waals surface area contributed by atoms with E-state index in [1.165, 1.54) is 18.5 Å². The van der Waals surface area contributed by atoms with Gasteiger partial charge in [0, 0.05) is 10.9 Å². The molecule has 2 nitrogen and oxygen atoms in total. The molecule has 0 N–H and O–H groups in total. The summed E-state index contributed by atoms with van der Waals surface area (Å²) in [6.45, 7) is 0. The Bertz CT molecular complexity index is 665. The Hall–Kier alpha value is -2.29. The summed E-state index contributed by atoms with van der Waals surface area (Å²) in [6, 6.07) is 14.2. The number of halogens is 1. The van der Waals surface area contributed by atoms with Gasteiger partial charge in [-0.25, -0.2) is 14.4 Å². The van der Waals surface area contributed by atoms with Gasteiger partial charge >= 0.3 is 0 Å². The normalized spacial score (nSPS) is 10.6. The number of benzene rings is 2. The predicted octanol–water partition coefficient (Wildman–Crippen LogP) is 3.44. The lowest BCUT2D eigenvalue weighted by atomic mass is 10.1. The van der Waals surface area contributed by atoms with Crippen molar-refractivity contribution in [2.24, 2.45) is 0 Å². The van der Waals surface area contributed by atoms with Crippen LogP contribution in [-0.4, -0.2) is 9.97 Å². The number of fused-ring (bicyclic) bond motifs is 1. The maximum absolute atomic E-state index is 13.3. The third-order valence-corrected chi connectivity index (χ3v) is 2.64. The van der Waals surface area contributed by atoms with Gasteiger partial charge in [-0.3, -0.25) is 0 Å². The predicted molar refractivity (Wildman–Crippen MR) is 64.9 cm³/mol. The van der Waals surface area contributed by atoms with E-state index in [9.17, 15) is 4.39 Å². The SMILES string of the molecule is Fc1ccc2ncnc(-c3ccccc3)c2c1. The maximum atomic E-state index is 13.3. The highest BCUT2D eigenvalue weighted by Gasteiger charge is 2.06. The van der Waals surface area contributed by atoms with Crippen molar-refractivity contribution in [2.45, 2.75) is 0 Å². The first-order valence-corrected chi connectivity index (χ1v) is 5.30. The zero-order valence-electron chi connectivity index (χ0n) is 8.97. The molecule has 17 heavy (non-hydrogen) atoms. The molecule has 0 saturated carbocycles. The molecule has 0 radical (unpaired) electrons. The number of hydrogen-bond acceptors (Lipinski definition) is 2. The monoisotopic (exact) mass is 224 g/mol. The Balaban J connectivity index is 2.33. The van der Waals surface area contributed by atoms with Gasteiger partial charge in [0.25, 0.3) is 0 Å². The number of nitrogens with zero attached hydrogens (tertiary/aromatic N) is 2. The molecule has 3 rings (SSSR count). The first-order chi connectivity index (χ1) is 8.34. The van der Waals surface area contributed by atoms with Gasteiger partial charge in [0.1, 0.15) is 12.1 Å². The minimum atomic E-state index is -0.274. The standard InChI is InChI=1S/C14H9FN2/c15-11-6-7-13-12(8-11)14(17-9-16-13)10-4-2-1-3-5-10/h1-9H. The van der Waals surface area contributed by atoms with Crippen molar-refractivity contribution in [2.75, 3.05) is 0 Å². The molecule has 0 atom stereocenters. The molecule has 0 spiro atoms. The van der Waals surface area contributed by atoms with Crippen LogP contribution in [0.4, 0.5) is 4.39 Å². The molecular formula is C14H9FN2. The average molecular weight is 224 g/mol. The molecule has 1 aromatic heterocycles. The van der Waals surface area contributed by atoms with E-state index in [1.807, 2.05) is 30.3 Å². The van der Waals surface area contributed by atoms with Crippen molar-refractivity contribution in [1.29, 1.82) is 0 Å². The van der Waals surface area contributed by atoms with Gasteiger partial charge in [-0.1, -0.05) is 30.3 Å². The first-order valence-electron chi connectivity index (χ1n) is 5.30. The fourth-order valence-corrected chi connectivity index (χ4v) is 1.85. The third kappa shape index (κ3) is 1.76. The largest absolute Gasteiger partial charge is 0.236 e. The minimum absolute atomic E-state index is 0.274. The fourth-order valence-electron chi connectivity index (χ4n) is 1.85. The van der Waals surface area contributed by atoms with E-state index in [0.717, 1.165) is 22.2 Å². The van der Waals surface area contributed by atoms with E-state index in [-0.39, 0.29) is 5.82 Å². The Morgan fingerprint density at radius 1 is 0.882 bits per heavy atom. The molecule has 0 aliphatic rings. The summed E-state index contributed by atoms with van der Waals surface area (Å²) in [7, 11) is 0. The zero-order valence-corrected chi connectivity index (χ0v) is 8.97. The first kappa shape index (κ1) is 9.90. The second kappa shape index (κ2) is 3.94. The zero-order chi connectivity index (χ0) is 11.7. The molecule has 0 bridgehead atoms. The second-order valence-corrected chi connectivity index (χ2v) is 3.75. The molecule has 0 fully saturated rings. The molecule has 0 amide bonds. The van der Waals surface area contributed by atoms with Crippen LogP contribution in [0, 0.1) is 5.82 Å². The Morgan fingerprint density at radius 3 is 2.53 bits per heavy atom. The summed E-state index contributed by atoms with van der Waals surface area (Å²) in [4.78, 5) is 8.37. The van der Waals surface area contributed by atoms with Crippen LogP contribution in [0.5, 0.6) is 0 Å². The molecule has 82 valence electrons. The Kier molecular flexibility index (Phi) is 2.29. The van der Waals surface area contributed by atoms with Crippen LogP contribution in [0.1, 0.15) is 0 Å². The van der Waals surface area contributed by atoms with Crippen LogP contribution in [0.2, 0.25) is 0 Å². The van der Waals surface area contributed by atoms with Gasteiger partial charge in [0.05, 0.1) is 11.2 Å². The summed E-state index contributed by atoms with van der Waals surface area (Å²) < 4.78 is 13.3. The van der Waals surface area contributed by atoms with Crippen molar-refractivity contribution in [3.05, 3.63) is 60.7 Å². The van der Waals surface area contributed by atoms with E-state index >= 15 is 0 Å². The Morgan fingerprint density at radius 2 is 1.71 bits per heavy atom. The van der Waals surface area contributed by atoms with Gasteiger partial charge in [0.2, 0.25) is 0 Å². The number of hydrogen-bond donors (Lipinski definition) is 0. The second-order valence-electron chi connectivity index (χ2n) is 3.75. The van der Waals surface area contributed by atoms with E-state index in [1.54, 1.807) is 6.07 Å². The van der Waals surface area contributed by atoms with Crippen molar-refractivity contribution >= 4 is 10.9 Å². The molecule has 3 aromatic rings. The molecule has 3 heteroatoms. The van der Waals surface area contributed by atoms with Crippen LogP contribution in [0.25, 0.3) is 22.2 Å². The van der Waals surface area contributed by atoms with Gasteiger partial charge in [-0.2, -0.15) is 0 Å². The topological polar surface area (TPSA) is 25.8 Å². The Labute approximate surface area is 97.8 Å². The highest BCUT2D eigenvalue weighted by atomic mass is 19.1. The van der Waals surface area contributed by atoms with Crippen molar-refractivity contribution < 1.29 is 4.39 Å². The van der Waals surface area contributed by atoms with E-state index in [2.05, 4.69) is 9.97 Å². The summed E-state index contributed by atoms with van der Waals surface area (Å²) >= 11 is 0. The summed E-state index contributed by atoms with van der Waals surface area (Å²) in [5, 5.41) is 0.735. The molecule has 0 unspecified atom stereocenters. The summed E-state index contributed by atoms with van der Waals surface area (Å²) in [5.74, 6) is -0.274. The molecule has 1 heterocycles.